The number of ether oxygens (including phenoxy) is 1. The van der Waals surface area contributed by atoms with Gasteiger partial charge in [0.2, 0.25) is 0 Å². The molecule has 0 aliphatic carbocycles. The molecule has 3 nitrogen and oxygen atoms in total. The molecule has 0 aromatic rings. The first-order valence-corrected chi connectivity index (χ1v) is 9.96. The van der Waals surface area contributed by atoms with Crippen molar-refractivity contribution in [3.8, 4) is 0 Å². The Morgan fingerprint density at radius 2 is 1.43 bits per heavy atom. The molecule has 1 unspecified atom stereocenters. The highest BCUT2D eigenvalue weighted by Crippen LogP contribution is 2.17. The third-order valence-corrected chi connectivity index (χ3v) is 4.80. The Hall–Kier alpha value is -0.350. The Morgan fingerprint density at radius 3 is 1.91 bits per heavy atom. The molecule has 23 heavy (non-hydrogen) atoms. The zero-order chi connectivity index (χ0) is 16.6. The van der Waals surface area contributed by atoms with Gasteiger partial charge in [0.05, 0.1) is 6.61 Å². The van der Waals surface area contributed by atoms with Crippen LogP contribution in [0.1, 0.15) is 90.9 Å². The molecular formula is C19H38BrNO2. The zero-order valence-electron chi connectivity index (χ0n) is 15.4. The van der Waals surface area contributed by atoms with Crippen molar-refractivity contribution in [3.63, 3.8) is 0 Å². The number of unbranched alkanes of at least 4 members (excludes halogenated alkanes) is 9. The Bertz CT molecular complexity index is 295. The zero-order valence-corrected chi connectivity index (χ0v) is 17.0. The predicted molar refractivity (Wildman–Crippen MR) is 105 cm³/mol. The fourth-order valence-electron chi connectivity index (χ4n) is 2.40. The van der Waals surface area contributed by atoms with E-state index < -0.39 is 0 Å². The van der Waals surface area contributed by atoms with Crippen LogP contribution >= 0.6 is 15.9 Å². The Labute approximate surface area is 152 Å². The van der Waals surface area contributed by atoms with E-state index in [0.717, 1.165) is 6.42 Å². The predicted octanol–water partition coefficient (Wildman–Crippen LogP) is 6.73. The summed E-state index contributed by atoms with van der Waals surface area (Å²) < 4.78 is 5.11. The van der Waals surface area contributed by atoms with Gasteiger partial charge in [0.1, 0.15) is 0 Å². The van der Waals surface area contributed by atoms with Gasteiger partial charge in [-0.15, -0.1) is 0 Å². The first-order valence-electron chi connectivity index (χ1n) is 9.04. The average Bonchev–Trinajstić information content (AvgIpc) is 2.49. The van der Waals surface area contributed by atoms with Gasteiger partial charge in [-0.25, -0.2) is 4.79 Å². The number of carbonyl (C=O) groups is 1. The molecule has 4 heteroatoms. The average molecular weight is 392 g/mol. The topological polar surface area (TPSA) is 61.3 Å². The van der Waals surface area contributed by atoms with Crippen LogP contribution in [-0.4, -0.2) is 17.4 Å². The lowest BCUT2D eigenvalue weighted by molar-refractivity contribution is -0.139. The molecule has 0 fully saturated rings. The smallest absolute Gasteiger partial charge is 0.333 e. The summed E-state index contributed by atoms with van der Waals surface area (Å²) in [6, 6.07) is 0. The lowest BCUT2D eigenvalue weighted by atomic mass is 10.0. The number of alkyl halides is 1. The molecule has 138 valence electrons. The second-order valence-electron chi connectivity index (χ2n) is 6.27. The molecule has 0 heterocycles. The number of esters is 1. The van der Waals surface area contributed by atoms with Crippen molar-refractivity contribution in [2.24, 2.45) is 0 Å². The first kappa shape index (κ1) is 24.9. The molecule has 0 radical (unpaired) electrons. The van der Waals surface area contributed by atoms with Crippen molar-refractivity contribution in [2.75, 3.05) is 6.61 Å². The van der Waals surface area contributed by atoms with Gasteiger partial charge in [0, 0.05) is 10.4 Å². The number of rotatable bonds is 15. The molecule has 0 saturated heterocycles. The quantitative estimate of drug-likeness (QED) is 0.145. The van der Waals surface area contributed by atoms with Crippen molar-refractivity contribution in [1.29, 1.82) is 0 Å². The summed E-state index contributed by atoms with van der Waals surface area (Å²) in [4.78, 5) is 11.7. The summed E-state index contributed by atoms with van der Waals surface area (Å²) in [5.41, 5.74) is 0.473. The molecule has 0 aromatic carbocycles. The maximum absolute atomic E-state index is 11.2. The Balaban J connectivity index is 0. The minimum Gasteiger partial charge on any atom is -0.462 e. The molecular weight excluding hydrogens is 354 g/mol. The number of hydrogen-bond donors (Lipinski definition) is 1. The third-order valence-electron chi connectivity index (χ3n) is 3.88. The van der Waals surface area contributed by atoms with Crippen LogP contribution in [0.15, 0.2) is 12.2 Å². The van der Waals surface area contributed by atoms with Gasteiger partial charge < -0.3 is 10.9 Å². The van der Waals surface area contributed by atoms with E-state index in [-0.39, 0.29) is 12.1 Å². The maximum atomic E-state index is 11.2. The molecule has 0 aliphatic rings. The molecule has 0 amide bonds. The van der Waals surface area contributed by atoms with Crippen LogP contribution in [0.2, 0.25) is 0 Å². The van der Waals surface area contributed by atoms with Gasteiger partial charge in [0.15, 0.2) is 0 Å². The lowest BCUT2D eigenvalue weighted by Crippen LogP contribution is -2.10. The summed E-state index contributed by atoms with van der Waals surface area (Å²) in [7, 11) is 0. The second-order valence-corrected chi connectivity index (χ2v) is 7.57. The van der Waals surface area contributed by atoms with E-state index in [2.05, 4.69) is 29.4 Å². The van der Waals surface area contributed by atoms with Crippen molar-refractivity contribution >= 4 is 21.9 Å². The molecule has 0 rings (SSSR count). The molecule has 0 spiro atoms. The van der Waals surface area contributed by atoms with E-state index in [1.54, 1.807) is 6.92 Å². The standard InChI is InChI=1S/C19H35BrO2.H3N/c1-4-5-6-7-8-9-10-11-12-13-14-18(20)15-16-22-19(21)17(2)3;/h18H,2,4-16H2,1,3H3;1H3. The van der Waals surface area contributed by atoms with Crippen molar-refractivity contribution in [2.45, 2.75) is 95.7 Å². The van der Waals surface area contributed by atoms with E-state index in [1.807, 2.05) is 0 Å². The van der Waals surface area contributed by atoms with Crippen LogP contribution in [0, 0.1) is 0 Å². The molecule has 3 N–H and O–H groups in total. The van der Waals surface area contributed by atoms with Gasteiger partial charge in [0.25, 0.3) is 0 Å². The van der Waals surface area contributed by atoms with Crippen molar-refractivity contribution in [3.05, 3.63) is 12.2 Å². The van der Waals surface area contributed by atoms with Crippen LogP contribution < -0.4 is 6.15 Å². The fraction of sp³-hybridized carbons (Fsp3) is 0.842. The number of halogens is 1. The van der Waals surface area contributed by atoms with E-state index in [1.165, 1.54) is 70.6 Å². The minimum absolute atomic E-state index is 0. The lowest BCUT2D eigenvalue weighted by Gasteiger charge is -2.10. The van der Waals surface area contributed by atoms with Gasteiger partial charge in [-0.2, -0.15) is 0 Å². The molecule has 0 aromatic heterocycles. The summed E-state index contributed by atoms with van der Waals surface area (Å²) in [6.45, 7) is 8.00. The van der Waals surface area contributed by atoms with Crippen LogP contribution in [0.25, 0.3) is 0 Å². The van der Waals surface area contributed by atoms with Crippen molar-refractivity contribution < 1.29 is 9.53 Å². The SMILES string of the molecule is C=C(C)C(=O)OCCC(Br)CCCCCCCCCCCC.N. The monoisotopic (exact) mass is 391 g/mol. The van der Waals surface area contributed by atoms with Gasteiger partial charge >= 0.3 is 5.97 Å². The maximum Gasteiger partial charge on any atom is 0.333 e. The van der Waals surface area contributed by atoms with Gasteiger partial charge in [-0.1, -0.05) is 93.6 Å². The van der Waals surface area contributed by atoms with E-state index in [0.29, 0.717) is 17.0 Å². The van der Waals surface area contributed by atoms with E-state index in [9.17, 15) is 4.79 Å². The first-order chi connectivity index (χ1) is 10.6. The molecule has 0 saturated carbocycles. The summed E-state index contributed by atoms with van der Waals surface area (Å²) in [5, 5.41) is 0. The highest BCUT2D eigenvalue weighted by Gasteiger charge is 2.07. The number of carbonyl (C=O) groups excluding carboxylic acids is 1. The minimum atomic E-state index is -0.279. The van der Waals surface area contributed by atoms with Crippen LogP contribution in [0.3, 0.4) is 0 Å². The normalized spacial score (nSPS) is 11.6. The molecule has 0 aliphatic heterocycles. The Morgan fingerprint density at radius 1 is 0.957 bits per heavy atom. The summed E-state index contributed by atoms with van der Waals surface area (Å²) >= 11 is 3.67. The van der Waals surface area contributed by atoms with E-state index >= 15 is 0 Å². The molecule has 0 bridgehead atoms. The summed E-state index contributed by atoms with van der Waals surface area (Å²) in [6.07, 6.45) is 15.8. The molecule has 1 atom stereocenters. The largest absolute Gasteiger partial charge is 0.462 e. The highest BCUT2D eigenvalue weighted by atomic mass is 79.9. The van der Waals surface area contributed by atoms with Crippen LogP contribution in [0.5, 0.6) is 0 Å². The third kappa shape index (κ3) is 17.8. The van der Waals surface area contributed by atoms with E-state index in [4.69, 9.17) is 4.74 Å². The van der Waals surface area contributed by atoms with Gasteiger partial charge in [-0.3, -0.25) is 0 Å². The van der Waals surface area contributed by atoms with Crippen molar-refractivity contribution in [1.82, 2.24) is 6.15 Å². The van der Waals surface area contributed by atoms with Gasteiger partial charge in [-0.05, 0) is 19.8 Å². The van der Waals surface area contributed by atoms with Crippen LogP contribution in [0.4, 0.5) is 0 Å². The fourth-order valence-corrected chi connectivity index (χ4v) is 2.91. The number of hydrogen-bond acceptors (Lipinski definition) is 3. The highest BCUT2D eigenvalue weighted by molar-refractivity contribution is 9.09. The second kappa shape index (κ2) is 18.0. The summed E-state index contributed by atoms with van der Waals surface area (Å²) in [5.74, 6) is -0.279. The Kier molecular flexibility index (Phi) is 19.5. The van der Waals surface area contributed by atoms with Crippen LogP contribution in [-0.2, 0) is 9.53 Å².